The Morgan fingerprint density at radius 3 is 2.07 bits per heavy atom. The van der Waals surface area contributed by atoms with Gasteiger partial charge >= 0.3 is 0 Å². The highest BCUT2D eigenvalue weighted by Crippen LogP contribution is 2.25. The van der Waals surface area contributed by atoms with Gasteiger partial charge in [-0.3, -0.25) is 19.4 Å². The lowest BCUT2D eigenvalue weighted by molar-refractivity contribution is 0.0125. The molecule has 0 radical (unpaired) electrons. The molecular formula is C21H15N3O3. The number of nitrogens with zero attached hydrogens (tertiary/aromatic N) is 3. The van der Waals surface area contributed by atoms with Crippen molar-refractivity contribution in [2.75, 3.05) is 7.05 Å². The molecule has 0 fully saturated rings. The zero-order valence-corrected chi connectivity index (χ0v) is 14.5. The summed E-state index contributed by atoms with van der Waals surface area (Å²) >= 11 is 0. The monoisotopic (exact) mass is 357 g/mol. The van der Waals surface area contributed by atoms with Gasteiger partial charge in [-0.2, -0.15) is 5.01 Å². The number of aromatic nitrogens is 1. The van der Waals surface area contributed by atoms with Crippen LogP contribution in [0.25, 0.3) is 11.1 Å². The van der Waals surface area contributed by atoms with Crippen LogP contribution in [0.4, 0.5) is 0 Å². The van der Waals surface area contributed by atoms with E-state index in [1.54, 1.807) is 36.4 Å². The summed E-state index contributed by atoms with van der Waals surface area (Å²) in [6.45, 7) is 0. The molecule has 0 bridgehead atoms. The molecule has 1 aromatic heterocycles. The van der Waals surface area contributed by atoms with Crippen LogP contribution >= 0.6 is 0 Å². The van der Waals surface area contributed by atoms with E-state index in [4.69, 9.17) is 0 Å². The van der Waals surface area contributed by atoms with Crippen molar-refractivity contribution >= 4 is 17.7 Å². The molecule has 3 amide bonds. The fourth-order valence-corrected chi connectivity index (χ4v) is 3.06. The summed E-state index contributed by atoms with van der Waals surface area (Å²) in [5.74, 6) is -1.58. The molecule has 0 saturated heterocycles. The number of benzene rings is 2. The summed E-state index contributed by atoms with van der Waals surface area (Å²) in [5.41, 5.74) is 2.48. The van der Waals surface area contributed by atoms with Crippen molar-refractivity contribution in [3.63, 3.8) is 0 Å². The van der Waals surface area contributed by atoms with Gasteiger partial charge in [0.2, 0.25) is 0 Å². The van der Waals surface area contributed by atoms with E-state index >= 15 is 0 Å². The highest BCUT2D eigenvalue weighted by atomic mass is 16.2. The second kappa shape index (κ2) is 6.49. The van der Waals surface area contributed by atoms with Gasteiger partial charge in [0.25, 0.3) is 17.7 Å². The first kappa shape index (κ1) is 16.7. The fraction of sp³-hybridized carbons (Fsp3) is 0.0476. The standard InChI is InChI=1S/C21H15N3O3/c1-23(24-19(25)16-9-5-6-10-17(16)20(24)26)21(27)18-13-15(11-12-22-18)14-7-3-2-4-8-14/h2-13H,1H3. The van der Waals surface area contributed by atoms with Crippen molar-refractivity contribution < 1.29 is 14.4 Å². The number of carbonyl (C=O) groups excluding carboxylic acids is 3. The first-order chi connectivity index (χ1) is 13.1. The highest BCUT2D eigenvalue weighted by molar-refractivity contribution is 6.22. The van der Waals surface area contributed by atoms with Crippen LogP contribution in [-0.2, 0) is 0 Å². The molecule has 2 heterocycles. The molecule has 0 spiro atoms. The topological polar surface area (TPSA) is 70.6 Å². The van der Waals surface area contributed by atoms with Gasteiger partial charge in [0.15, 0.2) is 0 Å². The van der Waals surface area contributed by atoms with Crippen LogP contribution in [-0.4, -0.2) is 39.8 Å². The molecule has 1 aliphatic rings. The third-order valence-corrected chi connectivity index (χ3v) is 4.45. The number of hydrazine groups is 1. The Kier molecular flexibility index (Phi) is 4.01. The molecule has 27 heavy (non-hydrogen) atoms. The molecular weight excluding hydrogens is 342 g/mol. The molecule has 0 aliphatic carbocycles. The van der Waals surface area contributed by atoms with Crippen LogP contribution in [0.15, 0.2) is 72.9 Å². The van der Waals surface area contributed by atoms with Crippen LogP contribution < -0.4 is 0 Å². The second-order valence-electron chi connectivity index (χ2n) is 6.09. The zero-order valence-electron chi connectivity index (χ0n) is 14.5. The van der Waals surface area contributed by atoms with Crippen LogP contribution in [0.2, 0.25) is 0 Å². The number of pyridine rings is 1. The molecule has 0 N–H and O–H groups in total. The lowest BCUT2D eigenvalue weighted by Gasteiger charge is -2.25. The number of carbonyl (C=O) groups is 3. The van der Waals surface area contributed by atoms with E-state index in [1.807, 2.05) is 30.3 Å². The number of amides is 3. The molecule has 2 aromatic carbocycles. The quantitative estimate of drug-likeness (QED) is 0.676. The molecule has 6 heteroatoms. The molecule has 132 valence electrons. The third kappa shape index (κ3) is 2.77. The van der Waals surface area contributed by atoms with Gasteiger partial charge in [0.1, 0.15) is 5.69 Å². The second-order valence-corrected chi connectivity index (χ2v) is 6.09. The Hall–Kier alpha value is -3.80. The lowest BCUT2D eigenvalue weighted by atomic mass is 10.1. The maximum Gasteiger partial charge on any atom is 0.291 e. The maximum absolute atomic E-state index is 12.9. The van der Waals surface area contributed by atoms with Crippen LogP contribution in [0, 0.1) is 0 Å². The van der Waals surface area contributed by atoms with E-state index in [-0.39, 0.29) is 16.8 Å². The summed E-state index contributed by atoms with van der Waals surface area (Å²) in [7, 11) is 1.39. The summed E-state index contributed by atoms with van der Waals surface area (Å²) in [6, 6.07) is 19.5. The molecule has 4 rings (SSSR count). The van der Waals surface area contributed by atoms with Gasteiger partial charge in [-0.1, -0.05) is 42.5 Å². The summed E-state index contributed by atoms with van der Waals surface area (Å²) in [6.07, 6.45) is 1.53. The molecule has 3 aromatic rings. The molecule has 1 aliphatic heterocycles. The first-order valence-electron chi connectivity index (χ1n) is 8.35. The number of fused-ring (bicyclic) bond motifs is 1. The third-order valence-electron chi connectivity index (χ3n) is 4.45. The summed E-state index contributed by atoms with van der Waals surface area (Å²) in [4.78, 5) is 42.1. The Labute approximate surface area is 155 Å². The minimum absolute atomic E-state index is 0.149. The minimum atomic E-state index is -0.540. The first-order valence-corrected chi connectivity index (χ1v) is 8.35. The van der Waals surface area contributed by atoms with Gasteiger partial charge in [-0.15, -0.1) is 0 Å². The van der Waals surface area contributed by atoms with Crippen LogP contribution in [0.3, 0.4) is 0 Å². The number of hydrogen-bond donors (Lipinski definition) is 0. The number of rotatable bonds is 3. The van der Waals surface area contributed by atoms with Crippen molar-refractivity contribution in [2.45, 2.75) is 0 Å². The van der Waals surface area contributed by atoms with Gasteiger partial charge in [-0.25, -0.2) is 5.01 Å². The van der Waals surface area contributed by atoms with E-state index in [0.717, 1.165) is 21.1 Å². The molecule has 0 unspecified atom stereocenters. The smallest absolute Gasteiger partial charge is 0.267 e. The van der Waals surface area contributed by atoms with E-state index < -0.39 is 17.7 Å². The van der Waals surface area contributed by atoms with Crippen molar-refractivity contribution in [3.05, 3.63) is 89.7 Å². The zero-order chi connectivity index (χ0) is 19.0. The number of hydrogen-bond acceptors (Lipinski definition) is 4. The van der Waals surface area contributed by atoms with E-state index in [0.29, 0.717) is 0 Å². The van der Waals surface area contributed by atoms with Crippen molar-refractivity contribution in [1.29, 1.82) is 0 Å². The Morgan fingerprint density at radius 1 is 0.852 bits per heavy atom. The van der Waals surface area contributed by atoms with E-state index in [1.165, 1.54) is 13.2 Å². The Morgan fingerprint density at radius 2 is 1.44 bits per heavy atom. The average molecular weight is 357 g/mol. The van der Waals surface area contributed by atoms with Crippen molar-refractivity contribution in [2.24, 2.45) is 0 Å². The van der Waals surface area contributed by atoms with Crippen LogP contribution in [0.1, 0.15) is 31.2 Å². The van der Waals surface area contributed by atoms with E-state index in [2.05, 4.69) is 4.98 Å². The maximum atomic E-state index is 12.9. The largest absolute Gasteiger partial charge is 0.291 e. The predicted molar refractivity (Wildman–Crippen MR) is 98.7 cm³/mol. The minimum Gasteiger partial charge on any atom is -0.267 e. The Balaban J connectivity index is 1.64. The lowest BCUT2D eigenvalue weighted by Crippen LogP contribution is -2.47. The highest BCUT2D eigenvalue weighted by Gasteiger charge is 2.40. The van der Waals surface area contributed by atoms with E-state index in [9.17, 15) is 14.4 Å². The Bertz CT molecular complexity index is 1030. The summed E-state index contributed by atoms with van der Waals surface area (Å²) < 4.78 is 0. The molecule has 6 nitrogen and oxygen atoms in total. The summed E-state index contributed by atoms with van der Waals surface area (Å²) in [5, 5.41) is 1.87. The molecule has 0 atom stereocenters. The van der Waals surface area contributed by atoms with Crippen molar-refractivity contribution in [1.82, 2.24) is 15.0 Å². The fourth-order valence-electron chi connectivity index (χ4n) is 3.06. The van der Waals surface area contributed by atoms with Crippen molar-refractivity contribution in [3.8, 4) is 11.1 Å². The van der Waals surface area contributed by atoms with Gasteiger partial charge in [0.05, 0.1) is 11.1 Å². The van der Waals surface area contributed by atoms with Crippen LogP contribution in [0.5, 0.6) is 0 Å². The predicted octanol–water partition coefficient (Wildman–Crippen LogP) is 3.03. The van der Waals surface area contributed by atoms with Gasteiger partial charge in [0, 0.05) is 13.2 Å². The molecule has 0 saturated carbocycles. The average Bonchev–Trinajstić information content (AvgIpc) is 2.98. The SMILES string of the molecule is CN(C(=O)c1cc(-c2ccccc2)ccn1)N1C(=O)c2ccccc2C1=O. The number of imide groups is 1. The van der Waals surface area contributed by atoms with Gasteiger partial charge < -0.3 is 0 Å². The normalized spacial score (nSPS) is 12.9. The van der Waals surface area contributed by atoms with Gasteiger partial charge in [-0.05, 0) is 35.4 Å².